The highest BCUT2D eigenvalue weighted by atomic mass is 16.3. The van der Waals surface area contributed by atoms with Crippen molar-refractivity contribution < 1.29 is 9.90 Å². The number of hydrogen-bond donors (Lipinski definition) is 2. The molecule has 82 valence electrons. The SMILES string of the molecule is NCc1ccccc1C1CCC1.O=CO. The van der Waals surface area contributed by atoms with Gasteiger partial charge in [-0.25, -0.2) is 0 Å². The van der Waals surface area contributed by atoms with E-state index in [9.17, 15) is 0 Å². The van der Waals surface area contributed by atoms with Crippen LogP contribution in [0.5, 0.6) is 0 Å². The minimum absolute atomic E-state index is 0.250. The Labute approximate surface area is 89.9 Å². The van der Waals surface area contributed by atoms with Gasteiger partial charge in [0.15, 0.2) is 0 Å². The smallest absolute Gasteiger partial charge is 0.290 e. The number of rotatable bonds is 2. The number of benzene rings is 1. The monoisotopic (exact) mass is 207 g/mol. The molecule has 0 bridgehead atoms. The van der Waals surface area contributed by atoms with Gasteiger partial charge in [-0.3, -0.25) is 4.79 Å². The largest absolute Gasteiger partial charge is 0.483 e. The predicted molar refractivity (Wildman–Crippen MR) is 59.6 cm³/mol. The summed E-state index contributed by atoms with van der Waals surface area (Å²) < 4.78 is 0. The van der Waals surface area contributed by atoms with Crippen molar-refractivity contribution in [1.82, 2.24) is 0 Å². The lowest BCUT2D eigenvalue weighted by Crippen LogP contribution is -2.12. The molecule has 1 aliphatic rings. The molecule has 3 heteroatoms. The van der Waals surface area contributed by atoms with Crippen molar-refractivity contribution in [3.63, 3.8) is 0 Å². The molecule has 0 unspecified atom stereocenters. The van der Waals surface area contributed by atoms with Crippen LogP contribution in [0.3, 0.4) is 0 Å². The molecular weight excluding hydrogens is 190 g/mol. The van der Waals surface area contributed by atoms with Gasteiger partial charge in [0.05, 0.1) is 0 Å². The second-order valence-electron chi connectivity index (χ2n) is 3.64. The van der Waals surface area contributed by atoms with Gasteiger partial charge in [0, 0.05) is 6.54 Å². The van der Waals surface area contributed by atoms with E-state index in [1.54, 1.807) is 0 Å². The van der Waals surface area contributed by atoms with E-state index < -0.39 is 0 Å². The van der Waals surface area contributed by atoms with Crippen LogP contribution >= 0.6 is 0 Å². The van der Waals surface area contributed by atoms with Crippen LogP contribution in [0.25, 0.3) is 0 Å². The zero-order chi connectivity index (χ0) is 11.1. The average Bonchev–Trinajstić information content (AvgIpc) is 2.17. The molecule has 2 rings (SSSR count). The second-order valence-corrected chi connectivity index (χ2v) is 3.64. The van der Waals surface area contributed by atoms with Crippen molar-refractivity contribution in [1.29, 1.82) is 0 Å². The van der Waals surface area contributed by atoms with Gasteiger partial charge in [0.1, 0.15) is 0 Å². The van der Waals surface area contributed by atoms with Crippen LogP contribution in [0.15, 0.2) is 24.3 Å². The minimum Gasteiger partial charge on any atom is -0.483 e. The fraction of sp³-hybridized carbons (Fsp3) is 0.417. The van der Waals surface area contributed by atoms with Crippen LogP contribution in [0, 0.1) is 0 Å². The van der Waals surface area contributed by atoms with Gasteiger partial charge in [0.25, 0.3) is 6.47 Å². The van der Waals surface area contributed by atoms with Crippen molar-refractivity contribution in [3.8, 4) is 0 Å². The topological polar surface area (TPSA) is 63.3 Å². The van der Waals surface area contributed by atoms with E-state index in [0.29, 0.717) is 6.54 Å². The van der Waals surface area contributed by atoms with E-state index in [2.05, 4.69) is 24.3 Å². The molecule has 0 spiro atoms. The van der Waals surface area contributed by atoms with Crippen LogP contribution < -0.4 is 5.73 Å². The lowest BCUT2D eigenvalue weighted by Gasteiger charge is -2.27. The number of carbonyl (C=O) groups is 1. The first-order valence-corrected chi connectivity index (χ1v) is 5.19. The number of nitrogens with two attached hydrogens (primary N) is 1. The first-order valence-electron chi connectivity index (χ1n) is 5.19. The summed E-state index contributed by atoms with van der Waals surface area (Å²) in [4.78, 5) is 8.36. The molecule has 3 nitrogen and oxygen atoms in total. The minimum atomic E-state index is -0.250. The molecule has 0 aliphatic heterocycles. The second kappa shape index (κ2) is 6.19. The van der Waals surface area contributed by atoms with Crippen LogP contribution in [-0.4, -0.2) is 11.6 Å². The summed E-state index contributed by atoms with van der Waals surface area (Å²) in [5.74, 6) is 0.810. The Balaban J connectivity index is 0.000000337. The molecule has 0 aromatic heterocycles. The van der Waals surface area contributed by atoms with E-state index in [4.69, 9.17) is 15.6 Å². The third-order valence-corrected chi connectivity index (χ3v) is 2.82. The number of hydrogen-bond acceptors (Lipinski definition) is 2. The van der Waals surface area contributed by atoms with Crippen molar-refractivity contribution in [2.45, 2.75) is 31.7 Å². The molecular formula is C12H17NO2. The Morgan fingerprint density at radius 3 is 2.47 bits per heavy atom. The summed E-state index contributed by atoms with van der Waals surface area (Å²) >= 11 is 0. The first kappa shape index (κ1) is 11.7. The summed E-state index contributed by atoms with van der Waals surface area (Å²) in [6.07, 6.45) is 4.11. The van der Waals surface area contributed by atoms with Gasteiger partial charge in [0.2, 0.25) is 0 Å². The summed E-state index contributed by atoms with van der Waals surface area (Å²) in [5, 5.41) is 6.89. The lowest BCUT2D eigenvalue weighted by atomic mass is 9.78. The summed E-state index contributed by atoms with van der Waals surface area (Å²) in [6.45, 7) is 0.437. The quantitative estimate of drug-likeness (QED) is 0.730. The molecule has 1 aliphatic carbocycles. The standard InChI is InChI=1S/C11H15N.CH2O2/c12-8-10-4-1-2-7-11(10)9-5-3-6-9;2-1-3/h1-2,4,7,9H,3,5-6,8,12H2;1H,(H,2,3). The van der Waals surface area contributed by atoms with Gasteiger partial charge in [-0.1, -0.05) is 30.7 Å². The number of carboxylic acid groups (broad SMARTS) is 1. The average molecular weight is 207 g/mol. The molecule has 0 saturated heterocycles. The molecule has 15 heavy (non-hydrogen) atoms. The zero-order valence-corrected chi connectivity index (χ0v) is 8.73. The Kier molecular flexibility index (Phi) is 4.84. The molecule has 0 amide bonds. The van der Waals surface area contributed by atoms with Gasteiger partial charge in [-0.05, 0) is 29.9 Å². The van der Waals surface area contributed by atoms with E-state index in [1.165, 1.54) is 30.4 Å². The van der Waals surface area contributed by atoms with Gasteiger partial charge in [-0.15, -0.1) is 0 Å². The fourth-order valence-corrected chi connectivity index (χ4v) is 1.84. The highest BCUT2D eigenvalue weighted by Crippen LogP contribution is 2.37. The molecule has 1 fully saturated rings. The van der Waals surface area contributed by atoms with Crippen LogP contribution in [0.2, 0.25) is 0 Å². The predicted octanol–water partition coefficient (Wildman–Crippen LogP) is 2.11. The maximum Gasteiger partial charge on any atom is 0.290 e. The van der Waals surface area contributed by atoms with Gasteiger partial charge >= 0.3 is 0 Å². The van der Waals surface area contributed by atoms with Crippen LogP contribution in [0.4, 0.5) is 0 Å². The summed E-state index contributed by atoms with van der Waals surface area (Å²) in [6, 6.07) is 8.57. The molecule has 1 saturated carbocycles. The Morgan fingerprint density at radius 2 is 2.00 bits per heavy atom. The third-order valence-electron chi connectivity index (χ3n) is 2.82. The normalized spacial score (nSPS) is 14.7. The molecule has 0 radical (unpaired) electrons. The lowest BCUT2D eigenvalue weighted by molar-refractivity contribution is -0.122. The third kappa shape index (κ3) is 3.06. The van der Waals surface area contributed by atoms with E-state index in [-0.39, 0.29) is 6.47 Å². The van der Waals surface area contributed by atoms with Crippen molar-refractivity contribution in [2.24, 2.45) is 5.73 Å². The molecule has 0 atom stereocenters. The maximum atomic E-state index is 8.36. The van der Waals surface area contributed by atoms with Crippen LogP contribution in [0.1, 0.15) is 36.3 Å². The maximum absolute atomic E-state index is 8.36. The Hall–Kier alpha value is -1.35. The van der Waals surface area contributed by atoms with Gasteiger partial charge in [-0.2, -0.15) is 0 Å². The summed E-state index contributed by atoms with van der Waals surface area (Å²) in [7, 11) is 0. The first-order chi connectivity index (χ1) is 7.33. The molecule has 1 aromatic rings. The molecule has 1 aromatic carbocycles. The zero-order valence-electron chi connectivity index (χ0n) is 8.73. The molecule has 0 heterocycles. The Bertz CT molecular complexity index is 308. The highest BCUT2D eigenvalue weighted by molar-refractivity contribution is 5.32. The van der Waals surface area contributed by atoms with E-state index in [1.807, 2.05) is 0 Å². The van der Waals surface area contributed by atoms with E-state index >= 15 is 0 Å². The Morgan fingerprint density at radius 1 is 1.40 bits per heavy atom. The van der Waals surface area contributed by atoms with E-state index in [0.717, 1.165) is 5.92 Å². The van der Waals surface area contributed by atoms with Crippen molar-refractivity contribution in [3.05, 3.63) is 35.4 Å². The fourth-order valence-electron chi connectivity index (χ4n) is 1.84. The molecule has 3 N–H and O–H groups in total. The van der Waals surface area contributed by atoms with Crippen molar-refractivity contribution >= 4 is 6.47 Å². The summed E-state index contributed by atoms with van der Waals surface area (Å²) in [5.41, 5.74) is 8.49. The van der Waals surface area contributed by atoms with Crippen molar-refractivity contribution in [2.75, 3.05) is 0 Å². The van der Waals surface area contributed by atoms with Gasteiger partial charge < -0.3 is 10.8 Å². The highest BCUT2D eigenvalue weighted by Gasteiger charge is 2.20. The van der Waals surface area contributed by atoms with Crippen LogP contribution in [-0.2, 0) is 11.3 Å².